The predicted octanol–water partition coefficient (Wildman–Crippen LogP) is 2.07. The lowest BCUT2D eigenvalue weighted by molar-refractivity contribution is -0.385. The van der Waals surface area contributed by atoms with Gasteiger partial charge >= 0.3 is 5.97 Å². The van der Waals surface area contributed by atoms with Gasteiger partial charge in [0, 0.05) is 12.6 Å². The van der Waals surface area contributed by atoms with Gasteiger partial charge in [-0.2, -0.15) is 0 Å². The van der Waals surface area contributed by atoms with E-state index in [9.17, 15) is 20.0 Å². The summed E-state index contributed by atoms with van der Waals surface area (Å²) in [5, 5.41) is 19.9. The molecule has 0 radical (unpaired) electrons. The third-order valence-corrected chi connectivity index (χ3v) is 3.81. The monoisotopic (exact) mass is 279 g/mol. The van der Waals surface area contributed by atoms with Crippen LogP contribution in [0.1, 0.15) is 26.2 Å². The fourth-order valence-electron chi connectivity index (χ4n) is 2.57. The Morgan fingerprint density at radius 2 is 2.35 bits per heavy atom. The summed E-state index contributed by atoms with van der Waals surface area (Å²) in [6, 6.07) is 2.26. The fraction of sp³-hybridized carbons (Fsp3) is 0.538. The van der Waals surface area contributed by atoms with Gasteiger partial charge in [-0.25, -0.2) is 9.78 Å². The Hall–Kier alpha value is -2.18. The standard InChI is InChI=1S/C13H17N3O4/c1-2-9-5-6-15(11(7-9)13(17)18)12-4-3-10(8-14-12)16(19)20/h3-4,8-9,11H,2,5-7H2,1H3,(H,17,18). The molecule has 20 heavy (non-hydrogen) atoms. The first-order chi connectivity index (χ1) is 9.52. The van der Waals surface area contributed by atoms with Crippen LogP contribution in [-0.4, -0.2) is 33.6 Å². The maximum Gasteiger partial charge on any atom is 0.326 e. The molecule has 0 bridgehead atoms. The first kappa shape index (κ1) is 14.2. The Morgan fingerprint density at radius 1 is 1.60 bits per heavy atom. The van der Waals surface area contributed by atoms with Crippen molar-refractivity contribution in [1.29, 1.82) is 0 Å². The summed E-state index contributed by atoms with van der Waals surface area (Å²) in [6.45, 7) is 2.67. The Bertz CT molecular complexity index is 503. The van der Waals surface area contributed by atoms with E-state index in [1.165, 1.54) is 18.3 Å². The average Bonchev–Trinajstić information content (AvgIpc) is 2.46. The van der Waals surface area contributed by atoms with Gasteiger partial charge in [-0.3, -0.25) is 10.1 Å². The van der Waals surface area contributed by atoms with Crippen molar-refractivity contribution in [2.75, 3.05) is 11.4 Å². The van der Waals surface area contributed by atoms with Gasteiger partial charge in [-0.05, 0) is 24.8 Å². The van der Waals surface area contributed by atoms with E-state index in [0.29, 0.717) is 24.7 Å². The third kappa shape index (κ3) is 2.87. The lowest BCUT2D eigenvalue weighted by atomic mass is 9.89. The number of carboxylic acids is 1. The molecular weight excluding hydrogens is 262 g/mol. The molecule has 1 aromatic heterocycles. The van der Waals surface area contributed by atoms with Crippen LogP contribution in [0.5, 0.6) is 0 Å². The maximum atomic E-state index is 11.4. The molecule has 1 N–H and O–H groups in total. The third-order valence-electron chi connectivity index (χ3n) is 3.81. The number of nitro groups is 1. The molecule has 7 nitrogen and oxygen atoms in total. The van der Waals surface area contributed by atoms with E-state index in [-0.39, 0.29) is 5.69 Å². The number of hydrogen-bond acceptors (Lipinski definition) is 5. The summed E-state index contributed by atoms with van der Waals surface area (Å²) in [4.78, 5) is 27.2. The molecule has 0 amide bonds. The molecule has 1 aromatic rings. The molecular formula is C13H17N3O4. The van der Waals surface area contributed by atoms with Gasteiger partial charge in [0.05, 0.1) is 4.92 Å². The molecule has 0 aromatic carbocycles. The fourth-order valence-corrected chi connectivity index (χ4v) is 2.57. The second kappa shape index (κ2) is 5.85. The Labute approximate surface area is 116 Å². The zero-order valence-corrected chi connectivity index (χ0v) is 11.2. The topological polar surface area (TPSA) is 96.6 Å². The molecule has 2 atom stereocenters. The molecule has 2 heterocycles. The summed E-state index contributed by atoms with van der Waals surface area (Å²) < 4.78 is 0. The second-order valence-corrected chi connectivity index (χ2v) is 4.98. The van der Waals surface area contributed by atoms with Crippen LogP contribution >= 0.6 is 0 Å². The SMILES string of the molecule is CCC1CCN(c2ccc([N+](=O)[O-])cn2)C(C(=O)O)C1. The van der Waals surface area contributed by atoms with E-state index in [0.717, 1.165) is 12.8 Å². The number of pyridine rings is 1. The minimum absolute atomic E-state index is 0.0935. The number of piperidine rings is 1. The van der Waals surface area contributed by atoms with Crippen LogP contribution in [0.2, 0.25) is 0 Å². The molecule has 2 rings (SSSR count). The van der Waals surface area contributed by atoms with Crippen molar-refractivity contribution in [3.8, 4) is 0 Å². The molecule has 7 heteroatoms. The van der Waals surface area contributed by atoms with Crippen molar-refractivity contribution in [3.05, 3.63) is 28.4 Å². The maximum absolute atomic E-state index is 11.4. The summed E-state index contributed by atoms with van der Waals surface area (Å²) in [7, 11) is 0. The first-order valence-corrected chi connectivity index (χ1v) is 6.62. The van der Waals surface area contributed by atoms with Crippen LogP contribution in [0.25, 0.3) is 0 Å². The van der Waals surface area contributed by atoms with Crippen LogP contribution in [-0.2, 0) is 4.79 Å². The highest BCUT2D eigenvalue weighted by atomic mass is 16.6. The number of aliphatic carboxylic acids is 1. The number of carbonyl (C=O) groups is 1. The van der Waals surface area contributed by atoms with Crippen LogP contribution in [0.3, 0.4) is 0 Å². The van der Waals surface area contributed by atoms with Gasteiger partial charge in [0.25, 0.3) is 5.69 Å². The molecule has 1 aliphatic rings. The first-order valence-electron chi connectivity index (χ1n) is 6.62. The zero-order valence-electron chi connectivity index (χ0n) is 11.2. The highest BCUT2D eigenvalue weighted by Gasteiger charge is 2.33. The van der Waals surface area contributed by atoms with Crippen LogP contribution < -0.4 is 4.90 Å². The van der Waals surface area contributed by atoms with Gasteiger partial charge < -0.3 is 10.0 Å². The van der Waals surface area contributed by atoms with Crippen molar-refractivity contribution >= 4 is 17.5 Å². The average molecular weight is 279 g/mol. The number of hydrogen-bond donors (Lipinski definition) is 1. The van der Waals surface area contributed by atoms with E-state index < -0.39 is 16.9 Å². The molecule has 2 unspecified atom stereocenters. The van der Waals surface area contributed by atoms with Gasteiger partial charge in [0.2, 0.25) is 0 Å². The van der Waals surface area contributed by atoms with Crippen LogP contribution in [0.4, 0.5) is 11.5 Å². The summed E-state index contributed by atoms with van der Waals surface area (Å²) in [5.74, 6) is 0.0197. The van der Waals surface area contributed by atoms with Crippen LogP contribution in [0.15, 0.2) is 18.3 Å². The number of aromatic nitrogens is 1. The molecule has 1 saturated heterocycles. The van der Waals surface area contributed by atoms with E-state index in [1.807, 2.05) is 0 Å². The normalized spacial score (nSPS) is 22.6. The van der Waals surface area contributed by atoms with Gasteiger partial charge in [0.1, 0.15) is 18.1 Å². The minimum Gasteiger partial charge on any atom is -0.480 e. The van der Waals surface area contributed by atoms with E-state index >= 15 is 0 Å². The quantitative estimate of drug-likeness (QED) is 0.669. The smallest absolute Gasteiger partial charge is 0.326 e. The van der Waals surface area contributed by atoms with Gasteiger partial charge in [-0.1, -0.05) is 13.3 Å². The number of rotatable bonds is 4. The molecule has 1 aliphatic heterocycles. The van der Waals surface area contributed by atoms with Crippen molar-refractivity contribution in [2.24, 2.45) is 5.92 Å². The van der Waals surface area contributed by atoms with E-state index in [1.54, 1.807) is 4.90 Å². The lowest BCUT2D eigenvalue weighted by Gasteiger charge is -2.37. The minimum atomic E-state index is -0.872. The highest BCUT2D eigenvalue weighted by molar-refractivity contribution is 5.78. The van der Waals surface area contributed by atoms with Gasteiger partial charge in [-0.15, -0.1) is 0 Å². The largest absolute Gasteiger partial charge is 0.480 e. The number of anilines is 1. The summed E-state index contributed by atoms with van der Waals surface area (Å²) in [6.07, 6.45) is 3.63. The van der Waals surface area contributed by atoms with Gasteiger partial charge in [0.15, 0.2) is 0 Å². The van der Waals surface area contributed by atoms with E-state index in [4.69, 9.17) is 0 Å². The van der Waals surface area contributed by atoms with Crippen LogP contribution in [0, 0.1) is 16.0 Å². The summed E-state index contributed by atoms with van der Waals surface area (Å²) >= 11 is 0. The van der Waals surface area contributed by atoms with E-state index in [2.05, 4.69) is 11.9 Å². The lowest BCUT2D eigenvalue weighted by Crippen LogP contribution is -2.47. The molecule has 0 spiro atoms. The molecule has 0 aliphatic carbocycles. The number of nitrogens with zero attached hydrogens (tertiary/aromatic N) is 3. The molecule has 1 fully saturated rings. The molecule has 0 saturated carbocycles. The Morgan fingerprint density at radius 3 is 2.85 bits per heavy atom. The van der Waals surface area contributed by atoms with Crippen molar-refractivity contribution in [2.45, 2.75) is 32.2 Å². The molecule has 108 valence electrons. The highest BCUT2D eigenvalue weighted by Crippen LogP contribution is 2.29. The second-order valence-electron chi connectivity index (χ2n) is 4.98. The van der Waals surface area contributed by atoms with Crippen molar-refractivity contribution < 1.29 is 14.8 Å². The Kier molecular flexibility index (Phi) is 4.16. The predicted molar refractivity (Wildman–Crippen MR) is 72.7 cm³/mol. The van der Waals surface area contributed by atoms with Crippen molar-refractivity contribution in [1.82, 2.24) is 4.98 Å². The van der Waals surface area contributed by atoms with Crippen molar-refractivity contribution in [3.63, 3.8) is 0 Å². The number of carboxylic acid groups (broad SMARTS) is 1. The Balaban J connectivity index is 2.21. The zero-order chi connectivity index (χ0) is 14.7. The summed E-state index contributed by atoms with van der Waals surface area (Å²) in [5.41, 5.74) is -0.0935.